The van der Waals surface area contributed by atoms with Gasteiger partial charge >= 0.3 is 5.97 Å². The highest BCUT2D eigenvalue weighted by molar-refractivity contribution is 7.99. The van der Waals surface area contributed by atoms with E-state index >= 15 is 0 Å². The topological polar surface area (TPSA) is 71.2 Å². The number of hydrogen-bond donors (Lipinski definition) is 1. The van der Waals surface area contributed by atoms with Crippen molar-refractivity contribution in [1.82, 2.24) is 14.8 Å². The minimum atomic E-state index is -0.834. The van der Waals surface area contributed by atoms with Gasteiger partial charge in [-0.3, -0.25) is 9.36 Å². The van der Waals surface area contributed by atoms with Crippen molar-refractivity contribution in [3.8, 4) is 0 Å². The minimum absolute atomic E-state index is 0.0154. The summed E-state index contributed by atoms with van der Waals surface area (Å²) in [7, 11) is 1.91. The van der Waals surface area contributed by atoms with E-state index in [0.29, 0.717) is 11.2 Å². The summed E-state index contributed by atoms with van der Waals surface area (Å²) in [5.74, 6) is 0.0353. The van der Waals surface area contributed by atoms with Crippen LogP contribution in [0.4, 0.5) is 5.95 Å². The summed E-state index contributed by atoms with van der Waals surface area (Å²) in [4.78, 5) is 12.9. The standard InChI is InChI=1S/C13H22N4O2S/c1-3-17(10-7-5-4-6-8-10)12-14-15-13(16(12)2)20-9-11(18)19/h10H,3-9H2,1-2H3,(H,18,19). The van der Waals surface area contributed by atoms with Crippen LogP contribution in [0.3, 0.4) is 0 Å². The lowest BCUT2D eigenvalue weighted by molar-refractivity contribution is -0.133. The highest BCUT2D eigenvalue weighted by Gasteiger charge is 2.24. The fourth-order valence-electron chi connectivity index (χ4n) is 2.76. The molecule has 1 saturated carbocycles. The van der Waals surface area contributed by atoms with Crippen molar-refractivity contribution >= 4 is 23.7 Å². The van der Waals surface area contributed by atoms with Gasteiger partial charge in [0.2, 0.25) is 5.95 Å². The Morgan fingerprint density at radius 3 is 2.70 bits per heavy atom. The zero-order valence-corrected chi connectivity index (χ0v) is 12.9. The van der Waals surface area contributed by atoms with Crippen LogP contribution in [-0.2, 0) is 11.8 Å². The van der Waals surface area contributed by atoms with Crippen LogP contribution in [-0.4, -0.2) is 44.2 Å². The van der Waals surface area contributed by atoms with Gasteiger partial charge in [-0.2, -0.15) is 0 Å². The van der Waals surface area contributed by atoms with Crippen LogP contribution < -0.4 is 4.90 Å². The number of nitrogens with zero attached hydrogens (tertiary/aromatic N) is 4. The number of rotatable bonds is 6. The molecule has 0 atom stereocenters. The van der Waals surface area contributed by atoms with E-state index in [2.05, 4.69) is 22.0 Å². The molecule has 1 aliphatic rings. The molecule has 112 valence electrons. The molecule has 20 heavy (non-hydrogen) atoms. The van der Waals surface area contributed by atoms with Crippen LogP contribution in [0.1, 0.15) is 39.0 Å². The number of carboxylic acid groups (broad SMARTS) is 1. The summed E-state index contributed by atoms with van der Waals surface area (Å²) in [5, 5.41) is 17.8. The highest BCUT2D eigenvalue weighted by Crippen LogP contribution is 2.27. The van der Waals surface area contributed by atoms with Gasteiger partial charge in [0.05, 0.1) is 5.75 Å². The largest absolute Gasteiger partial charge is 0.481 e. The summed E-state index contributed by atoms with van der Waals surface area (Å²) in [6.07, 6.45) is 6.29. The molecule has 0 unspecified atom stereocenters. The molecule has 7 heteroatoms. The molecule has 1 aromatic heterocycles. The lowest BCUT2D eigenvalue weighted by Gasteiger charge is -2.33. The molecule has 0 aliphatic heterocycles. The SMILES string of the molecule is CCN(c1nnc(SCC(=O)O)n1C)C1CCCCC1. The summed E-state index contributed by atoms with van der Waals surface area (Å²) in [6.45, 7) is 3.04. The van der Waals surface area contributed by atoms with Gasteiger partial charge in [-0.1, -0.05) is 31.0 Å². The summed E-state index contributed by atoms with van der Waals surface area (Å²) in [5.41, 5.74) is 0. The van der Waals surface area contributed by atoms with Crippen molar-refractivity contribution < 1.29 is 9.90 Å². The van der Waals surface area contributed by atoms with Crippen LogP contribution in [0.2, 0.25) is 0 Å². The van der Waals surface area contributed by atoms with E-state index in [1.807, 2.05) is 11.6 Å². The molecule has 1 heterocycles. The lowest BCUT2D eigenvalue weighted by Crippen LogP contribution is -2.38. The summed E-state index contributed by atoms with van der Waals surface area (Å²) in [6, 6.07) is 0.536. The zero-order valence-electron chi connectivity index (χ0n) is 12.1. The second-order valence-corrected chi connectivity index (χ2v) is 6.04. The number of aliphatic carboxylic acids is 1. The molecular weight excluding hydrogens is 276 g/mol. The van der Waals surface area contributed by atoms with Crippen LogP contribution in [0.15, 0.2) is 5.16 Å². The van der Waals surface area contributed by atoms with Crippen LogP contribution in [0.25, 0.3) is 0 Å². The first kappa shape index (κ1) is 15.2. The van der Waals surface area contributed by atoms with E-state index in [-0.39, 0.29) is 5.75 Å². The van der Waals surface area contributed by atoms with Gasteiger partial charge in [-0.15, -0.1) is 10.2 Å². The Bertz CT molecular complexity index is 457. The maximum absolute atomic E-state index is 10.6. The van der Waals surface area contributed by atoms with Crippen molar-refractivity contribution in [2.75, 3.05) is 17.2 Å². The second kappa shape index (κ2) is 6.97. The molecule has 0 radical (unpaired) electrons. The van der Waals surface area contributed by atoms with Crippen LogP contribution in [0.5, 0.6) is 0 Å². The highest BCUT2D eigenvalue weighted by atomic mass is 32.2. The molecule has 1 aliphatic carbocycles. The summed E-state index contributed by atoms with van der Waals surface area (Å²) < 4.78 is 1.91. The molecule has 2 rings (SSSR count). The first-order valence-corrected chi connectivity index (χ1v) is 8.12. The summed E-state index contributed by atoms with van der Waals surface area (Å²) >= 11 is 1.21. The molecule has 0 amide bonds. The van der Waals surface area contributed by atoms with Gasteiger partial charge in [0.15, 0.2) is 5.16 Å². The second-order valence-electron chi connectivity index (χ2n) is 5.10. The van der Waals surface area contributed by atoms with Crippen LogP contribution >= 0.6 is 11.8 Å². The van der Waals surface area contributed by atoms with Crippen molar-refractivity contribution in [1.29, 1.82) is 0 Å². The monoisotopic (exact) mass is 298 g/mol. The predicted molar refractivity (Wildman–Crippen MR) is 79.3 cm³/mol. The van der Waals surface area contributed by atoms with E-state index in [9.17, 15) is 4.79 Å². The Balaban J connectivity index is 2.11. The van der Waals surface area contributed by atoms with Gasteiger partial charge in [0.1, 0.15) is 0 Å². The lowest BCUT2D eigenvalue weighted by atomic mass is 9.94. The molecule has 0 saturated heterocycles. The first-order chi connectivity index (χ1) is 9.63. The van der Waals surface area contributed by atoms with Crippen molar-refractivity contribution in [2.24, 2.45) is 7.05 Å². The fourth-order valence-corrected chi connectivity index (χ4v) is 3.39. The van der Waals surface area contributed by atoms with E-state index in [0.717, 1.165) is 12.5 Å². The number of carbonyl (C=O) groups is 1. The van der Waals surface area contributed by atoms with Gasteiger partial charge in [-0.25, -0.2) is 0 Å². The zero-order chi connectivity index (χ0) is 14.5. The molecule has 1 aromatic rings. The smallest absolute Gasteiger partial charge is 0.313 e. The first-order valence-electron chi connectivity index (χ1n) is 7.14. The molecule has 1 fully saturated rings. The van der Waals surface area contributed by atoms with Gasteiger partial charge in [0, 0.05) is 19.6 Å². The number of thioether (sulfide) groups is 1. The maximum atomic E-state index is 10.6. The molecular formula is C13H22N4O2S. The number of anilines is 1. The third kappa shape index (κ3) is 3.45. The van der Waals surface area contributed by atoms with Gasteiger partial charge in [-0.05, 0) is 19.8 Å². The Kier molecular flexibility index (Phi) is 5.28. The Morgan fingerprint density at radius 2 is 2.10 bits per heavy atom. The maximum Gasteiger partial charge on any atom is 0.313 e. The Hall–Kier alpha value is -1.24. The van der Waals surface area contributed by atoms with E-state index in [4.69, 9.17) is 5.11 Å². The van der Waals surface area contributed by atoms with Gasteiger partial charge in [0.25, 0.3) is 0 Å². The third-order valence-electron chi connectivity index (χ3n) is 3.75. The molecule has 0 spiro atoms. The molecule has 1 N–H and O–H groups in total. The Morgan fingerprint density at radius 1 is 1.40 bits per heavy atom. The van der Waals surface area contributed by atoms with Gasteiger partial charge < -0.3 is 10.0 Å². The van der Waals surface area contributed by atoms with E-state index in [1.165, 1.54) is 43.9 Å². The predicted octanol–water partition coefficient (Wildman–Crippen LogP) is 2.15. The number of hydrogen-bond acceptors (Lipinski definition) is 5. The Labute approximate surface area is 123 Å². The molecule has 0 aromatic carbocycles. The average molecular weight is 298 g/mol. The van der Waals surface area contributed by atoms with Crippen molar-refractivity contribution in [3.63, 3.8) is 0 Å². The number of aromatic nitrogens is 3. The van der Waals surface area contributed by atoms with E-state index < -0.39 is 5.97 Å². The van der Waals surface area contributed by atoms with Crippen LogP contribution in [0, 0.1) is 0 Å². The normalized spacial score (nSPS) is 16.3. The average Bonchev–Trinajstić information content (AvgIpc) is 2.80. The van der Waals surface area contributed by atoms with Crippen molar-refractivity contribution in [2.45, 2.75) is 50.2 Å². The molecule has 6 nitrogen and oxygen atoms in total. The third-order valence-corrected chi connectivity index (χ3v) is 4.75. The quantitative estimate of drug-likeness (QED) is 0.811. The van der Waals surface area contributed by atoms with E-state index in [1.54, 1.807) is 0 Å². The minimum Gasteiger partial charge on any atom is -0.481 e. The fraction of sp³-hybridized carbons (Fsp3) is 0.769. The number of carboxylic acids is 1. The molecule has 0 bridgehead atoms. The van der Waals surface area contributed by atoms with Crippen molar-refractivity contribution in [3.05, 3.63) is 0 Å².